The molecule has 20 N–H and O–H groups in total. The van der Waals surface area contributed by atoms with Crippen LogP contribution in [0, 0.1) is 0 Å². The molecule has 21 heterocycles. The molecule has 6 bridgehead atoms. The van der Waals surface area contributed by atoms with Crippen molar-refractivity contribution >= 4 is 191 Å². The fourth-order valence-corrected chi connectivity index (χ4v) is 25.2. The normalized spacial score (nSPS) is 39.3. The summed E-state index contributed by atoms with van der Waals surface area (Å²) in [5.74, 6) is -0.910. The number of phosphoric ester groups is 4. The first kappa shape index (κ1) is 96.0. The highest BCUT2D eigenvalue weighted by molar-refractivity contribution is 8.44. The van der Waals surface area contributed by atoms with E-state index in [9.17, 15) is 91.7 Å². The minimum absolute atomic E-state index is 0.0331. The first-order valence-corrected chi connectivity index (χ1v) is 52.3. The van der Waals surface area contributed by atoms with E-state index in [0.29, 0.717) is 6.42 Å². The number of aliphatic imine (C=N–C) groups is 3. The SMILES string of the molecule is Nc1nc2c(ncn2[C@@H]2O[C@@H]3COP(=O)(O)OC4[C@@H](COP(=O)(O)O[C@H]2C3O)O[C@@H](c2cnn3c2N=CCC3N)[C@H]4O)c(=O)[nH]1.Nc1nc2c(ncn2[C@@H]2O[C@@H]3COP(=O)(O)O[C@H]4[C@H](Cl)[C@H](n5cnc6c5N=CCC6=O)O[C@@H]4COP(=O)(O)O[C@@H]2[C@@H]3O)c(=O)[nH]1.Nc1nc2c(ncn2[C@@H]2S[C@@H]3COP(O)(=S)O[C@H]4[C@H](F)[C@H](n5cnc6c5N=CCC6=O)O[C@@H]4COP(=O)(S)O[C@@H]2[C@@H]3O)c(=O)[nH]1. The van der Waals surface area contributed by atoms with Gasteiger partial charge >= 0.3 is 44.8 Å². The van der Waals surface area contributed by atoms with E-state index < -0.39 is 252 Å². The van der Waals surface area contributed by atoms with E-state index in [0.717, 1.165) is 33.6 Å². The summed E-state index contributed by atoms with van der Waals surface area (Å²) < 4.78 is 183. The number of carbonyl (C=O) groups is 2. The minimum atomic E-state index is -5.10. The maximum Gasteiger partial charge on any atom is 0.472 e. The highest BCUT2D eigenvalue weighted by atomic mass is 35.5. The van der Waals surface area contributed by atoms with Gasteiger partial charge in [-0.3, -0.25) is 112 Å². The topological polar surface area (TPSA) is 844 Å². The number of hydrogen-bond donors (Lipinski definition) is 17. The second kappa shape index (κ2) is 36.6. The summed E-state index contributed by atoms with van der Waals surface area (Å²) in [6.07, 6.45) is -20.5. The summed E-state index contributed by atoms with van der Waals surface area (Å²) in [7, 11) is -20.2. The molecule has 728 valence electrons. The van der Waals surface area contributed by atoms with Gasteiger partial charge in [-0.15, -0.1) is 23.4 Å². The third-order valence-corrected chi connectivity index (χ3v) is 31.6. The van der Waals surface area contributed by atoms with E-state index in [1.807, 2.05) is 0 Å². The van der Waals surface area contributed by atoms with Gasteiger partial charge in [0.15, 0.2) is 105 Å². The summed E-state index contributed by atoms with van der Waals surface area (Å²) >= 11 is 16.9. The summed E-state index contributed by atoms with van der Waals surface area (Å²) in [6, 6.07) is 0. The Morgan fingerprint density at radius 2 is 0.911 bits per heavy atom. The van der Waals surface area contributed by atoms with E-state index in [2.05, 4.69) is 87.1 Å². The number of ether oxygens (including phenoxy) is 5. The maximum absolute atomic E-state index is 16.0. The number of aliphatic hydroxyl groups is 4. The van der Waals surface area contributed by atoms with Crippen LogP contribution >= 0.6 is 80.4 Å². The Hall–Kier alpha value is -7.93. The highest BCUT2D eigenvalue weighted by Gasteiger charge is 2.60. The predicted molar refractivity (Wildman–Crippen MR) is 454 cm³/mol. The maximum atomic E-state index is 16.0. The third-order valence-electron chi connectivity index (χ3n) is 22.5. The van der Waals surface area contributed by atoms with E-state index in [4.69, 9.17) is 124 Å². The van der Waals surface area contributed by atoms with Gasteiger partial charge in [-0.2, -0.15) is 20.1 Å². The lowest BCUT2D eigenvalue weighted by Gasteiger charge is -2.27. The summed E-state index contributed by atoms with van der Waals surface area (Å²) in [6.45, 7) is -12.8. The third kappa shape index (κ3) is 18.7. The Bertz CT molecular complexity index is 6540. The predicted octanol–water partition coefficient (Wildman–Crippen LogP) is -0.923. The van der Waals surface area contributed by atoms with Crippen LogP contribution in [-0.4, -0.2) is 311 Å². The van der Waals surface area contributed by atoms with E-state index in [-0.39, 0.29) is 110 Å². The van der Waals surface area contributed by atoms with Gasteiger partial charge in [0.2, 0.25) is 17.8 Å². The molecule has 31 atom stereocenters. The lowest BCUT2D eigenvalue weighted by atomic mass is 10.0. The molecule has 0 radical (unpaired) electrons. The number of rotatable bonds is 6. The molecule has 0 amide bonds. The number of phosphoric acid groups is 4. The molecular formula is C63H73ClFN25O36P6S3. The van der Waals surface area contributed by atoms with E-state index >= 15 is 4.39 Å². The molecule has 0 spiro atoms. The van der Waals surface area contributed by atoms with Crippen LogP contribution < -0.4 is 39.6 Å². The highest BCUT2D eigenvalue weighted by Crippen LogP contribution is 2.63. The van der Waals surface area contributed by atoms with Crippen LogP contribution in [0.1, 0.15) is 88.4 Å². The number of thiol groups is 1. The number of anilines is 3. The number of aromatic amines is 3. The zero-order chi connectivity index (χ0) is 95.5. The molecule has 12 aliphatic heterocycles. The quantitative estimate of drug-likeness (QED) is 0.0544. The number of halogens is 2. The van der Waals surface area contributed by atoms with Crippen LogP contribution in [0.15, 0.2) is 67.2 Å². The Balaban J connectivity index is 0.000000130. The number of fused-ring (bicyclic) bond motifs is 15. The standard InChI is InChI=1S/C21H23ClN8O13P2.C21H23FN8O10P2S3.C21H27N9O13P2/c22-10-14-9(41-19(10)29-5-25-11-7(31)1-2-24-16(11)29)4-39-45(36,37)43-15-13(32)8(3-38-44(34,35)42-14)40-20(15)30-6-26-12-17(30)27-21(23)28-18(12)33;22-10-14-8(38-19(10)29-5-25-11-7(31)1-2-24-16(11)29)3-36-41(34,43)40-15-13(32)9(4-37-42(35,44)39-14)45-20(15)30-6-26-12-17(30)27-21(23)28-18(12)33;22-10-1-2-24-17-7(3-26-30(10)17)14-13(32)15-9(40-14)5-39-45(36,37)43-16-12(31)8(4-38-44(34,35)42-15)41-20(16)29-6-25-11-18(29)27-21(23)28-19(11)33/h2,5-6,8-10,13-15,19-20,32H,1,3-4H2,(H,34,35)(H,36,37)(H3,23,27,28,33);2,5-6,8-10,13-15,19-20,32H,1,3-4H2,(H,34,43)(H,35,44)(H3,23,27,28,33);2-3,6,8-10,12-16,20,31-32H,1,4-5,22H2,(H,34,35)(H,36,37)(H3,23,27,28,33)/t8-,9-,10+,13-,14-,15-,19-,20-;8-,9-,10+,13-,14-,15-,19-,20-,41?,42?;8-,9-,10?,12?,13-,14+,15?,16+,20-/m111/s1. The molecule has 135 heavy (non-hydrogen) atoms. The van der Waals surface area contributed by atoms with Crippen molar-refractivity contribution in [3.8, 4) is 0 Å². The first-order valence-electron chi connectivity index (χ1n) is 39.6. The average molecular weight is 2090 g/mol. The smallest absolute Gasteiger partial charge is 0.389 e. The molecular weight excluding hydrogens is 2020 g/mol. The number of carbonyl (C=O) groups excluding carboxylic acids is 2. The van der Waals surface area contributed by atoms with E-state index in [1.165, 1.54) is 56.0 Å². The van der Waals surface area contributed by atoms with Crippen molar-refractivity contribution < 1.29 is 160 Å². The van der Waals surface area contributed by atoms with Crippen molar-refractivity contribution in [2.24, 2.45) is 20.7 Å². The summed E-state index contributed by atoms with van der Waals surface area (Å²) in [5.41, 5.74) is 20.9. The molecule has 0 aromatic carbocycles. The lowest BCUT2D eigenvalue weighted by molar-refractivity contribution is -0.0672. The number of imidazole rings is 5. The van der Waals surface area contributed by atoms with Crippen LogP contribution in [0.3, 0.4) is 0 Å². The minimum Gasteiger partial charge on any atom is -0.389 e. The van der Waals surface area contributed by atoms with Gasteiger partial charge in [-0.05, 0) is 11.8 Å². The number of nitrogens with one attached hydrogen (secondary N) is 3. The molecule has 12 aliphatic rings. The molecule has 9 aromatic heterocycles. The molecule has 9 unspecified atom stereocenters. The second-order valence-electron chi connectivity index (χ2n) is 31.1. The van der Waals surface area contributed by atoms with Crippen molar-refractivity contribution in [3.05, 3.63) is 85.8 Å². The number of nitrogens with two attached hydrogens (primary N) is 4. The zero-order valence-corrected chi connectivity index (χ0v) is 76.3. The molecule has 21 rings (SSSR count). The van der Waals surface area contributed by atoms with Crippen molar-refractivity contribution in [1.82, 2.24) is 87.4 Å². The average Bonchev–Trinajstić information content (AvgIpc) is 1.62. The lowest BCUT2D eigenvalue weighted by Crippen LogP contribution is -2.35. The fraction of sp³-hybridized carbons (Fsp3) is 0.540. The van der Waals surface area contributed by atoms with Gasteiger partial charge in [0.1, 0.15) is 108 Å². The fourth-order valence-electron chi connectivity index (χ4n) is 16.3. The molecule has 9 aromatic rings. The number of nitrogens with zero attached hydrogens (tertiary/aromatic N) is 18. The number of aliphatic hydroxyl groups excluding tert-OH is 4. The van der Waals surface area contributed by atoms with Gasteiger partial charge in [0.05, 0.1) is 88.8 Å². The molecule has 72 heteroatoms. The van der Waals surface area contributed by atoms with E-state index in [1.54, 1.807) is 6.21 Å². The number of nitrogen functional groups attached to an aromatic ring is 3. The van der Waals surface area contributed by atoms with Crippen LogP contribution in [0.25, 0.3) is 33.5 Å². The number of thioether (sulfide) groups is 1. The molecule has 9 fully saturated rings. The zero-order valence-electron chi connectivity index (χ0n) is 67.6. The van der Waals surface area contributed by atoms with Gasteiger partial charge in [0.25, 0.3) is 16.7 Å². The van der Waals surface area contributed by atoms with Crippen LogP contribution in [-0.2, 0) is 113 Å². The van der Waals surface area contributed by atoms with Crippen molar-refractivity contribution in [2.45, 2.75) is 170 Å². The summed E-state index contributed by atoms with van der Waals surface area (Å²) in [4.78, 5) is 167. The van der Waals surface area contributed by atoms with Crippen LogP contribution in [0.5, 0.6) is 0 Å². The van der Waals surface area contributed by atoms with Crippen molar-refractivity contribution in [1.29, 1.82) is 0 Å². The Morgan fingerprint density at radius 1 is 0.481 bits per heavy atom. The van der Waals surface area contributed by atoms with Gasteiger partial charge in [0, 0.05) is 43.5 Å². The Labute approximate surface area is 768 Å². The van der Waals surface area contributed by atoms with Crippen LogP contribution in [0.4, 0.5) is 39.7 Å². The molecule has 0 saturated carbocycles. The second-order valence-corrected chi connectivity index (χ2v) is 44.3. The number of H-pyrrole nitrogens is 3. The largest absolute Gasteiger partial charge is 0.472 e. The van der Waals surface area contributed by atoms with Crippen LogP contribution in [0.2, 0.25) is 0 Å². The van der Waals surface area contributed by atoms with Gasteiger partial charge in [-0.1, -0.05) is 12.2 Å². The summed E-state index contributed by atoms with van der Waals surface area (Å²) in [5, 5.41) is 45.5. The van der Waals surface area contributed by atoms with Gasteiger partial charge < -0.3 is 96.0 Å². The Morgan fingerprint density at radius 3 is 1.44 bits per heavy atom. The molecule has 61 nitrogen and oxygen atoms in total. The first-order chi connectivity index (χ1) is 63.9. The number of Topliss-reactive ketones (excluding diaryl/α,β-unsaturated/α-hetero) is 2. The van der Waals surface area contributed by atoms with Crippen molar-refractivity contribution in [3.63, 3.8) is 0 Å². The number of hydrogen-bond acceptors (Lipinski definition) is 49. The van der Waals surface area contributed by atoms with Gasteiger partial charge in [-0.25, -0.2) is 71.8 Å². The molecule has 9 saturated heterocycles. The Kier molecular flexibility index (Phi) is 26.0. The number of ketones is 2. The number of alkyl halides is 2. The monoisotopic (exact) mass is 2090 g/mol. The number of aromatic nitrogens is 18. The molecule has 0 aliphatic carbocycles. The van der Waals surface area contributed by atoms with Crippen molar-refractivity contribution in [2.75, 3.05) is 56.8 Å².